The van der Waals surface area contributed by atoms with Crippen LogP contribution in [0.1, 0.15) is 49.5 Å². The van der Waals surface area contributed by atoms with Crippen LogP contribution in [0.3, 0.4) is 0 Å². The summed E-state index contributed by atoms with van der Waals surface area (Å²) in [6.07, 6.45) is 3.41. The van der Waals surface area contributed by atoms with Gasteiger partial charge in [-0.1, -0.05) is 18.2 Å². The molecule has 34 heavy (non-hydrogen) atoms. The Labute approximate surface area is 201 Å². The minimum absolute atomic E-state index is 0.118. The Hall–Kier alpha value is -3.49. The summed E-state index contributed by atoms with van der Waals surface area (Å²) in [5.74, 6) is -0.328. The van der Waals surface area contributed by atoms with Crippen molar-refractivity contribution in [2.24, 2.45) is 0 Å². The third kappa shape index (κ3) is 4.73. The Bertz CT molecular complexity index is 1240. The first kappa shape index (κ1) is 22.3. The van der Waals surface area contributed by atoms with E-state index in [1.807, 2.05) is 42.5 Å². The van der Waals surface area contributed by atoms with Gasteiger partial charge in [-0.05, 0) is 60.9 Å². The molecule has 1 N–H and O–H groups in total. The van der Waals surface area contributed by atoms with Gasteiger partial charge in [-0.15, -0.1) is 11.8 Å². The fourth-order valence-corrected chi connectivity index (χ4v) is 4.93. The minimum atomic E-state index is -0.376. The van der Waals surface area contributed by atoms with Crippen molar-refractivity contribution < 1.29 is 19.1 Å². The molecule has 2 aromatic carbocycles. The second kappa shape index (κ2) is 9.79. The van der Waals surface area contributed by atoms with Crippen molar-refractivity contribution in [3.8, 4) is 0 Å². The van der Waals surface area contributed by atoms with E-state index in [-0.39, 0.29) is 35.9 Å². The number of hydrogen-bond donors (Lipinski definition) is 1. The number of thioether (sulfide) groups is 1. The number of rotatable bonds is 7. The Morgan fingerprint density at radius 1 is 1.06 bits per heavy atom. The number of imide groups is 1. The molecule has 0 saturated carbocycles. The molecule has 8 heteroatoms. The highest BCUT2D eigenvalue weighted by Crippen LogP contribution is 2.27. The maximum atomic E-state index is 12.9. The molecule has 0 aliphatic carbocycles. The van der Waals surface area contributed by atoms with Gasteiger partial charge in [-0.25, -0.2) is 4.98 Å². The van der Waals surface area contributed by atoms with Crippen LogP contribution < -0.4 is 5.32 Å². The summed E-state index contributed by atoms with van der Waals surface area (Å²) >= 11 is 1.62. The van der Waals surface area contributed by atoms with Crippen LogP contribution in [0.2, 0.25) is 0 Å². The smallest absolute Gasteiger partial charge is 0.261 e. The summed E-state index contributed by atoms with van der Waals surface area (Å²) in [6, 6.07) is 18.0. The van der Waals surface area contributed by atoms with Crippen molar-refractivity contribution in [1.29, 1.82) is 0 Å². The highest BCUT2D eigenvalue weighted by Gasteiger charge is 2.37. The number of carbonyl (C=O) groups excluding carboxylic acids is 3. The van der Waals surface area contributed by atoms with Gasteiger partial charge in [-0.2, -0.15) is 0 Å². The summed E-state index contributed by atoms with van der Waals surface area (Å²) in [4.78, 5) is 44.0. The number of hydrogen-bond acceptors (Lipinski definition) is 6. The van der Waals surface area contributed by atoms with Crippen molar-refractivity contribution in [3.63, 3.8) is 0 Å². The number of ether oxygens (including phenoxy) is 1. The predicted molar refractivity (Wildman–Crippen MR) is 129 cm³/mol. The maximum absolute atomic E-state index is 12.9. The summed E-state index contributed by atoms with van der Waals surface area (Å²) < 4.78 is 5.58. The molecule has 3 heterocycles. The fraction of sp³-hybridized carbons (Fsp3) is 0.231. The molecule has 2 aliphatic heterocycles. The predicted octanol–water partition coefficient (Wildman–Crippen LogP) is 4.40. The Morgan fingerprint density at radius 2 is 1.94 bits per heavy atom. The Morgan fingerprint density at radius 3 is 2.74 bits per heavy atom. The molecule has 1 unspecified atom stereocenters. The molecule has 0 spiro atoms. The summed E-state index contributed by atoms with van der Waals surface area (Å²) in [5, 5.41) is 3.82. The molecule has 1 saturated heterocycles. The zero-order valence-corrected chi connectivity index (χ0v) is 19.2. The topological polar surface area (TPSA) is 88.6 Å². The largest absolute Gasteiger partial charge is 0.376 e. The Kier molecular flexibility index (Phi) is 6.42. The third-order valence-corrected chi connectivity index (χ3v) is 6.87. The lowest BCUT2D eigenvalue weighted by Gasteiger charge is -2.17. The van der Waals surface area contributed by atoms with Crippen LogP contribution in [0.15, 0.2) is 71.9 Å². The molecule has 172 valence electrons. The second-order valence-electron chi connectivity index (χ2n) is 8.23. The molecular weight excluding hydrogens is 450 g/mol. The molecule has 5 rings (SSSR count). The quantitative estimate of drug-likeness (QED) is 0.404. The van der Waals surface area contributed by atoms with Gasteiger partial charge in [0.05, 0.1) is 28.8 Å². The van der Waals surface area contributed by atoms with Crippen molar-refractivity contribution in [2.45, 2.75) is 29.7 Å². The third-order valence-electron chi connectivity index (χ3n) is 5.85. The molecule has 7 nitrogen and oxygen atoms in total. The number of carbonyl (C=O) groups is 3. The van der Waals surface area contributed by atoms with E-state index in [1.165, 1.54) is 11.0 Å². The molecule has 1 aromatic heterocycles. The zero-order chi connectivity index (χ0) is 23.5. The van der Waals surface area contributed by atoms with E-state index in [9.17, 15) is 14.4 Å². The van der Waals surface area contributed by atoms with Crippen LogP contribution in [0.5, 0.6) is 0 Å². The summed E-state index contributed by atoms with van der Waals surface area (Å²) in [5.41, 5.74) is 2.62. The van der Waals surface area contributed by atoms with Gasteiger partial charge in [0, 0.05) is 29.8 Å². The number of nitrogens with one attached hydrogen (secondary N) is 1. The van der Waals surface area contributed by atoms with Crippen molar-refractivity contribution in [3.05, 3.63) is 89.1 Å². The van der Waals surface area contributed by atoms with Gasteiger partial charge in [0.1, 0.15) is 0 Å². The number of pyridine rings is 1. The highest BCUT2D eigenvalue weighted by atomic mass is 32.2. The van der Waals surface area contributed by atoms with Crippen LogP contribution in [0, 0.1) is 0 Å². The number of benzene rings is 2. The number of anilines is 1. The molecule has 3 aromatic rings. The zero-order valence-electron chi connectivity index (χ0n) is 18.4. The van der Waals surface area contributed by atoms with Crippen molar-refractivity contribution >= 4 is 35.2 Å². The second-order valence-corrected chi connectivity index (χ2v) is 9.22. The first-order chi connectivity index (χ1) is 16.6. The number of fused-ring (bicyclic) bond motifs is 1. The summed E-state index contributed by atoms with van der Waals surface area (Å²) in [6.45, 7) is 0.901. The highest BCUT2D eigenvalue weighted by molar-refractivity contribution is 7.98. The molecule has 0 bridgehead atoms. The number of amides is 3. The van der Waals surface area contributed by atoms with Crippen LogP contribution in [0.25, 0.3) is 0 Å². The van der Waals surface area contributed by atoms with E-state index in [4.69, 9.17) is 4.74 Å². The van der Waals surface area contributed by atoms with Gasteiger partial charge >= 0.3 is 0 Å². The lowest BCUT2D eigenvalue weighted by Crippen LogP contribution is -2.36. The van der Waals surface area contributed by atoms with Crippen molar-refractivity contribution in [1.82, 2.24) is 9.88 Å². The molecule has 0 radical (unpaired) electrons. The molecule has 1 fully saturated rings. The van der Waals surface area contributed by atoms with E-state index in [2.05, 4.69) is 10.3 Å². The summed E-state index contributed by atoms with van der Waals surface area (Å²) in [7, 11) is 0. The normalized spacial score (nSPS) is 17.2. The lowest BCUT2D eigenvalue weighted by atomic mass is 10.1. The van der Waals surface area contributed by atoms with E-state index in [0.717, 1.165) is 29.2 Å². The fourth-order valence-electron chi connectivity index (χ4n) is 4.12. The molecular formula is C26H23N3O4S. The van der Waals surface area contributed by atoms with E-state index in [0.29, 0.717) is 23.4 Å². The standard InChI is InChI=1S/C26H23N3O4S/c30-24(28-19-6-3-5-17(13-19)16-34-23-8-1-2-11-27-23)18-9-10-21-22(14-18)26(32)29(25(21)31)15-20-7-4-12-33-20/h1-3,5-6,8-11,13-14,20H,4,7,12,15-16H2,(H,28,30). The average molecular weight is 474 g/mol. The molecule has 3 amide bonds. The monoisotopic (exact) mass is 473 g/mol. The van der Waals surface area contributed by atoms with Crippen molar-refractivity contribution in [2.75, 3.05) is 18.5 Å². The van der Waals surface area contributed by atoms with Crippen LogP contribution in [0.4, 0.5) is 5.69 Å². The van der Waals surface area contributed by atoms with Gasteiger partial charge < -0.3 is 10.1 Å². The van der Waals surface area contributed by atoms with Gasteiger partial charge in [0.25, 0.3) is 17.7 Å². The molecule has 1 atom stereocenters. The van der Waals surface area contributed by atoms with E-state index in [1.54, 1.807) is 30.1 Å². The SMILES string of the molecule is O=C(Nc1cccc(CSc2ccccn2)c1)c1ccc2c(c1)C(=O)N(CC1CCCO1)C2=O. The Balaban J connectivity index is 1.26. The van der Waals surface area contributed by atoms with Gasteiger partial charge in [0.2, 0.25) is 0 Å². The lowest BCUT2D eigenvalue weighted by molar-refractivity contribution is 0.0475. The van der Waals surface area contributed by atoms with Gasteiger partial charge in [0.15, 0.2) is 0 Å². The van der Waals surface area contributed by atoms with Crippen LogP contribution >= 0.6 is 11.8 Å². The number of aromatic nitrogens is 1. The molecule has 2 aliphatic rings. The van der Waals surface area contributed by atoms with Crippen LogP contribution in [-0.4, -0.2) is 46.9 Å². The van der Waals surface area contributed by atoms with E-state index < -0.39 is 0 Å². The van der Waals surface area contributed by atoms with Gasteiger partial charge in [-0.3, -0.25) is 19.3 Å². The number of nitrogens with zero attached hydrogens (tertiary/aromatic N) is 2. The first-order valence-electron chi connectivity index (χ1n) is 11.1. The van der Waals surface area contributed by atoms with E-state index >= 15 is 0 Å². The maximum Gasteiger partial charge on any atom is 0.261 e. The first-order valence-corrected chi connectivity index (χ1v) is 12.1. The minimum Gasteiger partial charge on any atom is -0.376 e. The average Bonchev–Trinajstić information content (AvgIpc) is 3.46. The van der Waals surface area contributed by atoms with Crippen LogP contribution in [-0.2, 0) is 10.5 Å².